The van der Waals surface area contributed by atoms with Crippen LogP contribution >= 0.6 is 0 Å². The van der Waals surface area contributed by atoms with Crippen LogP contribution in [0.4, 0.5) is 0 Å². The van der Waals surface area contributed by atoms with Gasteiger partial charge in [-0.3, -0.25) is 0 Å². The molecular weight excluding hydrogens is 232 g/mol. The van der Waals surface area contributed by atoms with E-state index in [0.717, 1.165) is 38.1 Å². The van der Waals surface area contributed by atoms with Gasteiger partial charge in [0.05, 0.1) is 12.7 Å². The summed E-state index contributed by atoms with van der Waals surface area (Å²) < 4.78 is 9.69. The standard InChI is InChI=1S/C13H22N2O3/c1-17-9-5-3-4-7-14-10-12-11(6-8-15-12)13(16)18-2/h6,8,14-15H,3-5,7,9-10H2,1-2H3. The highest BCUT2D eigenvalue weighted by molar-refractivity contribution is 5.90. The van der Waals surface area contributed by atoms with Gasteiger partial charge in [0.2, 0.25) is 0 Å². The number of unbranched alkanes of at least 4 members (excludes halogenated alkanes) is 2. The Hall–Kier alpha value is -1.33. The Morgan fingerprint density at radius 1 is 1.33 bits per heavy atom. The maximum absolute atomic E-state index is 11.4. The third-order valence-electron chi connectivity index (χ3n) is 2.74. The van der Waals surface area contributed by atoms with Gasteiger partial charge < -0.3 is 19.8 Å². The van der Waals surface area contributed by atoms with Crippen LogP contribution in [0.5, 0.6) is 0 Å². The van der Waals surface area contributed by atoms with Gasteiger partial charge in [0.15, 0.2) is 0 Å². The number of aromatic amines is 1. The predicted octanol–water partition coefficient (Wildman–Crippen LogP) is 1.71. The first kappa shape index (κ1) is 14.7. The first-order valence-electron chi connectivity index (χ1n) is 6.23. The van der Waals surface area contributed by atoms with Gasteiger partial charge in [-0.15, -0.1) is 0 Å². The number of methoxy groups -OCH3 is 2. The Bertz CT molecular complexity index is 350. The number of ether oxygens (including phenoxy) is 2. The topological polar surface area (TPSA) is 63.3 Å². The summed E-state index contributed by atoms with van der Waals surface area (Å²) in [5.74, 6) is -0.298. The van der Waals surface area contributed by atoms with Crippen LogP contribution in [-0.2, 0) is 16.0 Å². The molecule has 5 heteroatoms. The molecule has 0 saturated carbocycles. The van der Waals surface area contributed by atoms with E-state index in [0.29, 0.717) is 12.1 Å². The van der Waals surface area contributed by atoms with Gasteiger partial charge in [-0.25, -0.2) is 4.79 Å². The zero-order valence-electron chi connectivity index (χ0n) is 11.1. The lowest BCUT2D eigenvalue weighted by atomic mass is 10.2. The number of H-pyrrole nitrogens is 1. The molecule has 18 heavy (non-hydrogen) atoms. The van der Waals surface area contributed by atoms with Gasteiger partial charge in [-0.1, -0.05) is 0 Å². The Labute approximate surface area is 108 Å². The van der Waals surface area contributed by atoms with Gasteiger partial charge >= 0.3 is 5.97 Å². The first-order chi connectivity index (χ1) is 8.79. The molecule has 2 N–H and O–H groups in total. The van der Waals surface area contributed by atoms with Crippen LogP contribution in [-0.4, -0.2) is 38.3 Å². The predicted molar refractivity (Wildman–Crippen MR) is 69.6 cm³/mol. The van der Waals surface area contributed by atoms with Gasteiger partial charge in [0, 0.05) is 32.2 Å². The zero-order chi connectivity index (χ0) is 13.2. The zero-order valence-corrected chi connectivity index (χ0v) is 11.1. The maximum atomic E-state index is 11.4. The van der Waals surface area contributed by atoms with Crippen molar-refractivity contribution in [2.24, 2.45) is 0 Å². The molecule has 1 heterocycles. The molecule has 0 bridgehead atoms. The van der Waals surface area contributed by atoms with Gasteiger partial charge in [0.25, 0.3) is 0 Å². The molecule has 0 fully saturated rings. The number of carbonyl (C=O) groups is 1. The molecule has 0 spiro atoms. The number of nitrogens with one attached hydrogen (secondary N) is 2. The largest absolute Gasteiger partial charge is 0.465 e. The summed E-state index contributed by atoms with van der Waals surface area (Å²) in [5, 5.41) is 3.30. The summed E-state index contributed by atoms with van der Waals surface area (Å²) in [6.45, 7) is 2.41. The minimum Gasteiger partial charge on any atom is -0.465 e. The molecule has 5 nitrogen and oxygen atoms in total. The van der Waals surface area contributed by atoms with Crippen LogP contribution < -0.4 is 5.32 Å². The van der Waals surface area contributed by atoms with Crippen molar-refractivity contribution >= 4 is 5.97 Å². The van der Waals surface area contributed by atoms with Crippen molar-refractivity contribution < 1.29 is 14.3 Å². The molecule has 0 aliphatic carbocycles. The lowest BCUT2D eigenvalue weighted by Gasteiger charge is -2.05. The average molecular weight is 254 g/mol. The molecular formula is C13H22N2O3. The van der Waals surface area contributed by atoms with Crippen molar-refractivity contribution in [1.29, 1.82) is 0 Å². The second-order valence-corrected chi connectivity index (χ2v) is 4.09. The van der Waals surface area contributed by atoms with Gasteiger partial charge in [0.1, 0.15) is 0 Å². The monoisotopic (exact) mass is 254 g/mol. The van der Waals surface area contributed by atoms with E-state index in [4.69, 9.17) is 9.47 Å². The minimum absolute atomic E-state index is 0.298. The Morgan fingerprint density at radius 2 is 2.17 bits per heavy atom. The van der Waals surface area contributed by atoms with Crippen LogP contribution in [0.1, 0.15) is 35.3 Å². The lowest BCUT2D eigenvalue weighted by molar-refractivity contribution is 0.0599. The van der Waals surface area contributed by atoms with E-state index in [2.05, 4.69) is 10.3 Å². The Balaban J connectivity index is 2.19. The van der Waals surface area contributed by atoms with Crippen molar-refractivity contribution in [3.63, 3.8) is 0 Å². The van der Waals surface area contributed by atoms with E-state index < -0.39 is 0 Å². The van der Waals surface area contributed by atoms with Crippen molar-refractivity contribution in [2.45, 2.75) is 25.8 Å². The Morgan fingerprint density at radius 3 is 2.89 bits per heavy atom. The molecule has 102 valence electrons. The number of aromatic nitrogens is 1. The normalized spacial score (nSPS) is 10.6. The summed E-state index contributed by atoms with van der Waals surface area (Å²) in [5.41, 5.74) is 1.48. The summed E-state index contributed by atoms with van der Waals surface area (Å²) >= 11 is 0. The van der Waals surface area contributed by atoms with Gasteiger partial charge in [-0.05, 0) is 31.9 Å². The van der Waals surface area contributed by atoms with Gasteiger partial charge in [-0.2, -0.15) is 0 Å². The molecule has 0 amide bonds. The second kappa shape index (κ2) is 8.72. The van der Waals surface area contributed by atoms with E-state index >= 15 is 0 Å². The summed E-state index contributed by atoms with van der Waals surface area (Å²) in [6.07, 6.45) is 5.10. The van der Waals surface area contributed by atoms with E-state index in [-0.39, 0.29) is 5.97 Å². The van der Waals surface area contributed by atoms with Crippen LogP contribution in [0.15, 0.2) is 12.3 Å². The molecule has 0 aliphatic heterocycles. The first-order valence-corrected chi connectivity index (χ1v) is 6.23. The lowest BCUT2D eigenvalue weighted by Crippen LogP contribution is -2.17. The van der Waals surface area contributed by atoms with Crippen LogP contribution in [0.3, 0.4) is 0 Å². The number of hydrogen-bond acceptors (Lipinski definition) is 4. The van der Waals surface area contributed by atoms with E-state index in [1.807, 2.05) is 0 Å². The highest BCUT2D eigenvalue weighted by Gasteiger charge is 2.11. The number of rotatable bonds is 9. The second-order valence-electron chi connectivity index (χ2n) is 4.09. The molecule has 0 atom stereocenters. The van der Waals surface area contributed by atoms with Crippen molar-refractivity contribution in [3.8, 4) is 0 Å². The third kappa shape index (κ3) is 4.89. The number of carbonyl (C=O) groups excluding carboxylic acids is 1. The fourth-order valence-corrected chi connectivity index (χ4v) is 1.74. The van der Waals surface area contributed by atoms with Crippen LogP contribution in [0, 0.1) is 0 Å². The highest BCUT2D eigenvalue weighted by Crippen LogP contribution is 2.07. The molecule has 0 unspecified atom stereocenters. The van der Waals surface area contributed by atoms with E-state index in [1.165, 1.54) is 7.11 Å². The molecule has 0 saturated heterocycles. The smallest absolute Gasteiger partial charge is 0.339 e. The van der Waals surface area contributed by atoms with E-state index in [9.17, 15) is 4.79 Å². The summed E-state index contributed by atoms with van der Waals surface area (Å²) in [4.78, 5) is 14.5. The average Bonchev–Trinajstić information content (AvgIpc) is 2.85. The van der Waals surface area contributed by atoms with Crippen molar-refractivity contribution in [1.82, 2.24) is 10.3 Å². The van der Waals surface area contributed by atoms with E-state index in [1.54, 1.807) is 19.4 Å². The third-order valence-corrected chi connectivity index (χ3v) is 2.74. The summed E-state index contributed by atoms with van der Waals surface area (Å²) in [6, 6.07) is 1.74. The molecule has 1 rings (SSSR count). The van der Waals surface area contributed by atoms with Crippen molar-refractivity contribution in [3.05, 3.63) is 23.5 Å². The number of esters is 1. The number of hydrogen-bond donors (Lipinski definition) is 2. The van der Waals surface area contributed by atoms with Crippen LogP contribution in [0.25, 0.3) is 0 Å². The minimum atomic E-state index is -0.298. The van der Waals surface area contributed by atoms with Crippen LogP contribution in [0.2, 0.25) is 0 Å². The molecule has 1 aromatic heterocycles. The summed E-state index contributed by atoms with van der Waals surface area (Å²) in [7, 11) is 3.11. The molecule has 0 aliphatic rings. The quantitative estimate of drug-likeness (QED) is 0.520. The maximum Gasteiger partial charge on any atom is 0.339 e. The SMILES string of the molecule is COCCCCCNCc1[nH]ccc1C(=O)OC. The highest BCUT2D eigenvalue weighted by atomic mass is 16.5. The molecule has 0 radical (unpaired) electrons. The Kier molecular flexibility index (Phi) is 7.13. The van der Waals surface area contributed by atoms with Crippen molar-refractivity contribution in [2.75, 3.05) is 27.4 Å². The molecule has 1 aromatic rings. The fraction of sp³-hybridized carbons (Fsp3) is 0.615. The molecule has 0 aromatic carbocycles. The fourth-order valence-electron chi connectivity index (χ4n) is 1.74.